The first-order valence-corrected chi connectivity index (χ1v) is 9.50. The van der Waals surface area contributed by atoms with Crippen molar-refractivity contribution >= 4 is 5.91 Å². The number of nitrogens with zero attached hydrogens (tertiary/aromatic N) is 3. The van der Waals surface area contributed by atoms with Crippen LogP contribution < -0.4 is 9.47 Å². The lowest BCUT2D eigenvalue weighted by Crippen LogP contribution is -2.42. The number of amides is 1. The standard InChI is InChI=1S/C23H24FN3O3/c1-5-27(26(2)3)23(28)22-15-20(29-4)14-21(25-22)16-6-10-18(11-7-16)30-19-12-8-17(24)9-13-19/h6-15H,5H2,1-4H3. The molecule has 0 saturated carbocycles. The van der Waals surface area contributed by atoms with E-state index in [1.807, 2.05) is 33.2 Å². The molecule has 6 nitrogen and oxygen atoms in total. The van der Waals surface area contributed by atoms with Gasteiger partial charge in [-0.05, 0) is 55.5 Å². The summed E-state index contributed by atoms with van der Waals surface area (Å²) in [5, 5.41) is 3.32. The highest BCUT2D eigenvalue weighted by molar-refractivity contribution is 5.93. The summed E-state index contributed by atoms with van der Waals surface area (Å²) in [6.45, 7) is 2.42. The van der Waals surface area contributed by atoms with Crippen LogP contribution in [-0.2, 0) is 0 Å². The molecule has 3 rings (SSSR count). The van der Waals surface area contributed by atoms with Gasteiger partial charge in [0.05, 0.1) is 12.8 Å². The van der Waals surface area contributed by atoms with Crippen molar-refractivity contribution in [1.82, 2.24) is 15.0 Å². The van der Waals surface area contributed by atoms with E-state index in [1.165, 1.54) is 12.1 Å². The highest BCUT2D eigenvalue weighted by Gasteiger charge is 2.19. The first kappa shape index (κ1) is 21.3. The first-order valence-electron chi connectivity index (χ1n) is 9.50. The minimum Gasteiger partial charge on any atom is -0.497 e. The molecule has 2 aromatic carbocycles. The van der Waals surface area contributed by atoms with Crippen LogP contribution in [0.1, 0.15) is 17.4 Å². The number of ether oxygens (including phenoxy) is 2. The van der Waals surface area contributed by atoms with Crippen LogP contribution in [0.3, 0.4) is 0 Å². The third-order valence-corrected chi connectivity index (χ3v) is 4.47. The zero-order chi connectivity index (χ0) is 21.7. The van der Waals surface area contributed by atoms with Gasteiger partial charge in [-0.1, -0.05) is 0 Å². The number of rotatable bonds is 7. The average Bonchev–Trinajstić information content (AvgIpc) is 2.75. The fraction of sp³-hybridized carbons (Fsp3) is 0.217. The van der Waals surface area contributed by atoms with Crippen molar-refractivity contribution < 1.29 is 18.7 Å². The molecule has 1 heterocycles. The van der Waals surface area contributed by atoms with Crippen LogP contribution in [0.15, 0.2) is 60.7 Å². The molecule has 0 aliphatic rings. The number of aromatic nitrogens is 1. The highest BCUT2D eigenvalue weighted by Crippen LogP contribution is 2.28. The Morgan fingerprint density at radius 2 is 1.57 bits per heavy atom. The SMILES string of the molecule is CCN(C(=O)c1cc(OC)cc(-c2ccc(Oc3ccc(F)cc3)cc2)n1)N(C)C. The average molecular weight is 409 g/mol. The van der Waals surface area contributed by atoms with E-state index in [0.717, 1.165) is 5.56 Å². The van der Waals surface area contributed by atoms with Crippen LogP contribution >= 0.6 is 0 Å². The number of hydrogen-bond donors (Lipinski definition) is 0. The van der Waals surface area contributed by atoms with Gasteiger partial charge in [0.2, 0.25) is 0 Å². The van der Waals surface area contributed by atoms with Crippen LogP contribution in [0.2, 0.25) is 0 Å². The molecule has 0 bridgehead atoms. The van der Waals surface area contributed by atoms with Crippen molar-refractivity contribution in [3.05, 3.63) is 72.2 Å². The van der Waals surface area contributed by atoms with E-state index in [0.29, 0.717) is 35.2 Å². The van der Waals surface area contributed by atoms with E-state index in [-0.39, 0.29) is 11.7 Å². The molecule has 0 N–H and O–H groups in total. The molecule has 1 amide bonds. The largest absolute Gasteiger partial charge is 0.497 e. The van der Waals surface area contributed by atoms with Crippen molar-refractivity contribution in [3.8, 4) is 28.5 Å². The number of carbonyl (C=O) groups excluding carboxylic acids is 1. The monoisotopic (exact) mass is 409 g/mol. The number of hydrazine groups is 1. The summed E-state index contributed by atoms with van der Waals surface area (Å²) in [5.41, 5.74) is 1.72. The summed E-state index contributed by atoms with van der Waals surface area (Å²) in [7, 11) is 5.17. The topological polar surface area (TPSA) is 54.9 Å². The predicted molar refractivity (Wildman–Crippen MR) is 113 cm³/mol. The van der Waals surface area contributed by atoms with Gasteiger partial charge < -0.3 is 9.47 Å². The molecule has 156 valence electrons. The van der Waals surface area contributed by atoms with Crippen LogP contribution in [-0.4, -0.2) is 48.7 Å². The van der Waals surface area contributed by atoms with Gasteiger partial charge in [0.25, 0.3) is 5.91 Å². The zero-order valence-corrected chi connectivity index (χ0v) is 17.4. The Morgan fingerprint density at radius 3 is 2.10 bits per heavy atom. The fourth-order valence-electron chi connectivity index (χ4n) is 2.95. The van der Waals surface area contributed by atoms with Crippen LogP contribution in [0.5, 0.6) is 17.2 Å². The Morgan fingerprint density at radius 1 is 0.967 bits per heavy atom. The summed E-state index contributed by atoms with van der Waals surface area (Å²) in [6.07, 6.45) is 0. The summed E-state index contributed by atoms with van der Waals surface area (Å²) in [4.78, 5) is 17.4. The molecule has 0 spiro atoms. The fourth-order valence-corrected chi connectivity index (χ4v) is 2.95. The molecule has 0 aliphatic heterocycles. The minimum atomic E-state index is -0.317. The first-order chi connectivity index (χ1) is 14.4. The second-order valence-electron chi connectivity index (χ2n) is 6.73. The summed E-state index contributed by atoms with van der Waals surface area (Å²) >= 11 is 0. The molecule has 3 aromatic rings. The lowest BCUT2D eigenvalue weighted by Gasteiger charge is -2.27. The molecule has 0 radical (unpaired) electrons. The predicted octanol–water partition coefficient (Wildman–Crippen LogP) is 4.63. The van der Waals surface area contributed by atoms with E-state index in [1.54, 1.807) is 53.5 Å². The van der Waals surface area contributed by atoms with Crippen molar-refractivity contribution in [3.63, 3.8) is 0 Å². The van der Waals surface area contributed by atoms with Crippen molar-refractivity contribution in [2.75, 3.05) is 27.7 Å². The lowest BCUT2D eigenvalue weighted by molar-refractivity contribution is 0.0224. The quantitative estimate of drug-likeness (QED) is 0.533. The number of pyridine rings is 1. The molecule has 1 aromatic heterocycles. The second-order valence-corrected chi connectivity index (χ2v) is 6.73. The van der Waals surface area contributed by atoms with Gasteiger partial charge in [0, 0.05) is 38.3 Å². The molecule has 0 atom stereocenters. The number of halogens is 1. The maximum Gasteiger partial charge on any atom is 0.286 e. The summed E-state index contributed by atoms with van der Waals surface area (Å²) in [6, 6.07) is 16.5. The van der Waals surface area contributed by atoms with E-state index >= 15 is 0 Å². The molecular formula is C23H24FN3O3. The molecule has 0 fully saturated rings. The van der Waals surface area contributed by atoms with Crippen LogP contribution in [0.4, 0.5) is 4.39 Å². The van der Waals surface area contributed by atoms with Gasteiger partial charge in [0.15, 0.2) is 0 Å². The van der Waals surface area contributed by atoms with E-state index in [4.69, 9.17) is 9.47 Å². The third kappa shape index (κ3) is 4.93. The van der Waals surface area contributed by atoms with Gasteiger partial charge in [-0.25, -0.2) is 14.4 Å². The Bertz CT molecular complexity index is 1010. The summed E-state index contributed by atoms with van der Waals surface area (Å²) < 4.78 is 24.1. The normalized spacial score (nSPS) is 10.7. The highest BCUT2D eigenvalue weighted by atomic mass is 19.1. The maximum absolute atomic E-state index is 13.0. The lowest BCUT2D eigenvalue weighted by atomic mass is 10.1. The number of methoxy groups -OCH3 is 1. The van der Waals surface area contributed by atoms with E-state index < -0.39 is 0 Å². The Labute approximate surface area is 175 Å². The van der Waals surface area contributed by atoms with Gasteiger partial charge in [-0.3, -0.25) is 9.80 Å². The smallest absolute Gasteiger partial charge is 0.286 e. The third-order valence-electron chi connectivity index (χ3n) is 4.47. The number of hydrogen-bond acceptors (Lipinski definition) is 5. The van der Waals surface area contributed by atoms with Crippen LogP contribution in [0, 0.1) is 5.82 Å². The van der Waals surface area contributed by atoms with E-state index in [2.05, 4.69) is 4.98 Å². The maximum atomic E-state index is 13.0. The number of benzene rings is 2. The molecule has 0 aliphatic carbocycles. The Balaban J connectivity index is 1.87. The van der Waals surface area contributed by atoms with Crippen molar-refractivity contribution in [1.29, 1.82) is 0 Å². The Kier molecular flexibility index (Phi) is 6.64. The molecule has 7 heteroatoms. The minimum absolute atomic E-state index is 0.209. The van der Waals surface area contributed by atoms with Crippen molar-refractivity contribution in [2.45, 2.75) is 6.92 Å². The second kappa shape index (κ2) is 9.37. The van der Waals surface area contributed by atoms with Crippen molar-refractivity contribution in [2.24, 2.45) is 0 Å². The van der Waals surface area contributed by atoms with Gasteiger partial charge in [-0.15, -0.1) is 0 Å². The number of carbonyl (C=O) groups is 1. The molecule has 30 heavy (non-hydrogen) atoms. The molecular weight excluding hydrogens is 385 g/mol. The van der Waals surface area contributed by atoms with Crippen LogP contribution in [0.25, 0.3) is 11.3 Å². The van der Waals surface area contributed by atoms with Gasteiger partial charge >= 0.3 is 0 Å². The summed E-state index contributed by atoms with van der Waals surface area (Å²) in [5.74, 6) is 1.17. The van der Waals surface area contributed by atoms with E-state index in [9.17, 15) is 9.18 Å². The van der Waals surface area contributed by atoms with Gasteiger partial charge in [-0.2, -0.15) is 0 Å². The van der Waals surface area contributed by atoms with Gasteiger partial charge in [0.1, 0.15) is 28.8 Å². The zero-order valence-electron chi connectivity index (χ0n) is 17.4. The molecule has 0 saturated heterocycles. The Hall–Kier alpha value is -3.45. The molecule has 0 unspecified atom stereocenters.